The molecule has 108 valence electrons. The fraction of sp³-hybridized carbons (Fsp3) is 0.600. The third kappa shape index (κ3) is 3.37. The third-order valence-corrected chi connectivity index (χ3v) is 6.01. The van der Waals surface area contributed by atoms with Crippen molar-refractivity contribution in [2.75, 3.05) is 6.26 Å². The van der Waals surface area contributed by atoms with Crippen LogP contribution in [-0.2, 0) is 15.3 Å². The van der Waals surface area contributed by atoms with Crippen LogP contribution < -0.4 is 5.73 Å². The number of sulfone groups is 1. The van der Waals surface area contributed by atoms with Crippen molar-refractivity contribution in [3.8, 4) is 0 Å². The maximum absolute atomic E-state index is 11.8. The van der Waals surface area contributed by atoms with E-state index in [0.717, 1.165) is 5.56 Å². The second-order valence-electron chi connectivity index (χ2n) is 6.73. The van der Waals surface area contributed by atoms with Gasteiger partial charge in [-0.1, -0.05) is 45.0 Å². The van der Waals surface area contributed by atoms with Crippen LogP contribution in [0.2, 0.25) is 0 Å². The normalized spacial score (nSPS) is 15.3. The van der Waals surface area contributed by atoms with Gasteiger partial charge in [-0.25, -0.2) is 8.42 Å². The van der Waals surface area contributed by atoms with Gasteiger partial charge in [0.1, 0.15) is 0 Å². The summed E-state index contributed by atoms with van der Waals surface area (Å²) in [5, 5.41) is 0. The number of rotatable bonds is 3. The molecular formula is C15H25NO2S. The zero-order chi connectivity index (χ0) is 15.1. The summed E-state index contributed by atoms with van der Waals surface area (Å²) < 4.78 is 22.7. The Labute approximate surface area is 117 Å². The van der Waals surface area contributed by atoms with Gasteiger partial charge in [-0.15, -0.1) is 0 Å². The van der Waals surface area contributed by atoms with E-state index in [9.17, 15) is 8.42 Å². The minimum atomic E-state index is -3.21. The fourth-order valence-electron chi connectivity index (χ4n) is 1.82. The van der Waals surface area contributed by atoms with Crippen LogP contribution in [0.4, 0.5) is 0 Å². The Kier molecular flexibility index (Phi) is 4.18. The Morgan fingerprint density at radius 2 is 1.42 bits per heavy atom. The maximum atomic E-state index is 11.8. The first-order chi connectivity index (χ1) is 8.37. The smallest absolute Gasteiger partial charge is 0.154 e. The Balaban J connectivity index is 3.13. The summed E-state index contributed by atoms with van der Waals surface area (Å²) in [6.45, 7) is 9.77. The predicted octanol–water partition coefficient (Wildman–Crippen LogP) is 2.81. The summed E-state index contributed by atoms with van der Waals surface area (Å²) in [5.74, 6) is 0. The average Bonchev–Trinajstić information content (AvgIpc) is 2.25. The first-order valence-corrected chi connectivity index (χ1v) is 8.32. The van der Waals surface area contributed by atoms with E-state index in [2.05, 4.69) is 20.8 Å². The van der Waals surface area contributed by atoms with Gasteiger partial charge in [-0.2, -0.15) is 0 Å². The van der Waals surface area contributed by atoms with Crippen LogP contribution in [0.5, 0.6) is 0 Å². The van der Waals surface area contributed by atoms with E-state index >= 15 is 0 Å². The highest BCUT2D eigenvalue weighted by Crippen LogP contribution is 2.31. The molecule has 1 rings (SSSR count). The molecule has 0 fully saturated rings. The molecule has 0 bridgehead atoms. The van der Waals surface area contributed by atoms with E-state index in [-0.39, 0.29) is 5.41 Å². The van der Waals surface area contributed by atoms with Gasteiger partial charge >= 0.3 is 0 Å². The summed E-state index contributed by atoms with van der Waals surface area (Å²) in [7, 11) is -3.21. The van der Waals surface area contributed by atoms with Gasteiger partial charge < -0.3 is 5.73 Å². The van der Waals surface area contributed by atoms with E-state index in [4.69, 9.17) is 5.73 Å². The van der Waals surface area contributed by atoms with Crippen molar-refractivity contribution in [3.63, 3.8) is 0 Å². The molecule has 0 aliphatic rings. The molecule has 1 aromatic carbocycles. The van der Waals surface area contributed by atoms with E-state index in [1.54, 1.807) is 13.8 Å². The molecule has 0 aliphatic carbocycles. The van der Waals surface area contributed by atoms with Crippen molar-refractivity contribution in [2.24, 2.45) is 5.73 Å². The lowest BCUT2D eigenvalue weighted by Crippen LogP contribution is -2.42. The van der Waals surface area contributed by atoms with Crippen molar-refractivity contribution in [1.29, 1.82) is 0 Å². The van der Waals surface area contributed by atoms with Gasteiger partial charge in [-0.3, -0.25) is 0 Å². The van der Waals surface area contributed by atoms with Gasteiger partial charge in [0.2, 0.25) is 0 Å². The molecule has 0 saturated heterocycles. The number of hydrogen-bond acceptors (Lipinski definition) is 3. The molecule has 0 radical (unpaired) electrons. The summed E-state index contributed by atoms with van der Waals surface area (Å²) >= 11 is 0. The zero-order valence-corrected chi connectivity index (χ0v) is 13.5. The van der Waals surface area contributed by atoms with Crippen LogP contribution in [0, 0.1) is 0 Å². The van der Waals surface area contributed by atoms with Gasteiger partial charge in [0.15, 0.2) is 9.84 Å². The Morgan fingerprint density at radius 3 is 1.74 bits per heavy atom. The molecule has 0 heterocycles. The summed E-state index contributed by atoms with van der Waals surface area (Å²) in [6, 6.07) is 7.37. The molecule has 0 saturated carbocycles. The van der Waals surface area contributed by atoms with Crippen LogP contribution in [0.15, 0.2) is 24.3 Å². The zero-order valence-electron chi connectivity index (χ0n) is 12.7. The predicted molar refractivity (Wildman–Crippen MR) is 81.0 cm³/mol. The van der Waals surface area contributed by atoms with Crippen molar-refractivity contribution < 1.29 is 8.42 Å². The van der Waals surface area contributed by atoms with Crippen LogP contribution in [0.3, 0.4) is 0 Å². The maximum Gasteiger partial charge on any atom is 0.154 e. The van der Waals surface area contributed by atoms with E-state index in [1.165, 1.54) is 11.8 Å². The Bertz CT molecular complexity index is 537. The topological polar surface area (TPSA) is 60.2 Å². The Morgan fingerprint density at radius 1 is 1.00 bits per heavy atom. The molecule has 0 aromatic heterocycles. The highest BCUT2D eigenvalue weighted by atomic mass is 32.2. The molecule has 1 unspecified atom stereocenters. The molecule has 0 amide bonds. The quantitative estimate of drug-likeness (QED) is 0.928. The molecule has 4 heteroatoms. The summed E-state index contributed by atoms with van der Waals surface area (Å²) in [4.78, 5) is 0. The van der Waals surface area contributed by atoms with Gasteiger partial charge in [0.05, 0.1) is 4.75 Å². The largest absolute Gasteiger partial charge is 0.323 e. The molecule has 2 N–H and O–H groups in total. The molecular weight excluding hydrogens is 258 g/mol. The minimum absolute atomic E-state index is 0.0783. The van der Waals surface area contributed by atoms with Gasteiger partial charge in [0, 0.05) is 12.3 Å². The highest BCUT2D eigenvalue weighted by Gasteiger charge is 2.37. The SMILES string of the molecule is CC(C)(C)c1ccc(C(N)C(C)(C)S(C)(=O)=O)cc1. The number of nitrogens with two attached hydrogens (primary N) is 1. The second kappa shape index (κ2) is 4.91. The Hall–Kier alpha value is -0.870. The molecule has 1 aromatic rings. The van der Waals surface area contributed by atoms with E-state index in [0.29, 0.717) is 0 Å². The second-order valence-corrected chi connectivity index (χ2v) is 9.32. The van der Waals surface area contributed by atoms with Crippen molar-refractivity contribution >= 4 is 9.84 Å². The lowest BCUT2D eigenvalue weighted by molar-refractivity contribution is 0.496. The van der Waals surface area contributed by atoms with Gasteiger partial charge in [-0.05, 0) is 30.4 Å². The lowest BCUT2D eigenvalue weighted by atomic mass is 9.85. The van der Waals surface area contributed by atoms with Crippen molar-refractivity contribution in [1.82, 2.24) is 0 Å². The highest BCUT2D eigenvalue weighted by molar-refractivity contribution is 7.92. The molecule has 19 heavy (non-hydrogen) atoms. The first-order valence-electron chi connectivity index (χ1n) is 6.43. The molecule has 0 spiro atoms. The summed E-state index contributed by atoms with van der Waals surface area (Å²) in [6.07, 6.45) is 1.23. The van der Waals surface area contributed by atoms with E-state index < -0.39 is 20.6 Å². The number of benzene rings is 1. The van der Waals surface area contributed by atoms with Crippen molar-refractivity contribution in [3.05, 3.63) is 35.4 Å². The lowest BCUT2D eigenvalue weighted by Gasteiger charge is -2.30. The average molecular weight is 283 g/mol. The van der Waals surface area contributed by atoms with Gasteiger partial charge in [0.25, 0.3) is 0 Å². The molecule has 0 aliphatic heterocycles. The standard InChI is InChI=1S/C15H25NO2S/c1-14(2,3)12-9-7-11(8-10-12)13(16)15(4,5)19(6,17)18/h7-10,13H,16H2,1-6H3. The number of hydrogen-bond donors (Lipinski definition) is 1. The first kappa shape index (κ1) is 16.2. The fourth-order valence-corrected chi connectivity index (χ4v) is 2.42. The summed E-state index contributed by atoms with van der Waals surface area (Å²) in [5.41, 5.74) is 8.28. The van der Waals surface area contributed by atoms with Crippen LogP contribution in [0.1, 0.15) is 51.8 Å². The van der Waals surface area contributed by atoms with Crippen LogP contribution >= 0.6 is 0 Å². The van der Waals surface area contributed by atoms with E-state index in [1.807, 2.05) is 24.3 Å². The third-order valence-electron chi connectivity index (χ3n) is 3.84. The van der Waals surface area contributed by atoms with Crippen molar-refractivity contribution in [2.45, 2.75) is 50.8 Å². The monoisotopic (exact) mass is 283 g/mol. The minimum Gasteiger partial charge on any atom is -0.323 e. The van der Waals surface area contributed by atoms with Crippen LogP contribution in [0.25, 0.3) is 0 Å². The van der Waals surface area contributed by atoms with Crippen LogP contribution in [-0.4, -0.2) is 19.4 Å². The molecule has 1 atom stereocenters. The molecule has 3 nitrogen and oxygen atoms in total.